The Bertz CT molecular complexity index is 442. The Balaban J connectivity index is 1.92. The lowest BCUT2D eigenvalue weighted by molar-refractivity contribution is -0.149. The van der Waals surface area contributed by atoms with Crippen LogP contribution in [0.3, 0.4) is 0 Å². The zero-order chi connectivity index (χ0) is 14.8. The first-order valence-corrected chi connectivity index (χ1v) is 6.68. The minimum Gasteiger partial charge on any atom is -0.508 e. The summed E-state index contributed by atoms with van der Waals surface area (Å²) < 4.78 is 37.0. The number of piperazine rings is 1. The molecule has 20 heavy (non-hydrogen) atoms. The molecule has 1 aromatic carbocycles. The Morgan fingerprint density at radius 1 is 1.15 bits per heavy atom. The van der Waals surface area contributed by atoms with Crippen LogP contribution in [0.5, 0.6) is 5.75 Å². The quantitative estimate of drug-likeness (QED) is 0.926. The molecule has 2 rings (SSSR count). The summed E-state index contributed by atoms with van der Waals surface area (Å²) in [5, 5.41) is 9.83. The molecule has 0 bridgehead atoms. The maximum atomic E-state index is 12.3. The molecule has 0 radical (unpaired) electrons. The minimum atomic E-state index is -4.13. The summed E-state index contributed by atoms with van der Waals surface area (Å²) in [6.07, 6.45) is -4.13. The first-order valence-electron chi connectivity index (χ1n) is 6.68. The second-order valence-electron chi connectivity index (χ2n) is 5.16. The average Bonchev–Trinajstić information content (AvgIpc) is 2.37. The number of hydrogen-bond donors (Lipinski definition) is 1. The molecule has 1 aromatic rings. The third-order valence-electron chi connectivity index (χ3n) is 3.74. The van der Waals surface area contributed by atoms with Gasteiger partial charge in [-0.2, -0.15) is 13.2 Å². The van der Waals surface area contributed by atoms with Crippen molar-refractivity contribution in [2.75, 3.05) is 32.7 Å². The monoisotopic (exact) mass is 288 g/mol. The molecule has 1 fully saturated rings. The van der Waals surface area contributed by atoms with Gasteiger partial charge in [-0.05, 0) is 13.0 Å². The Morgan fingerprint density at radius 3 is 2.30 bits per heavy atom. The molecule has 112 valence electrons. The molecular weight excluding hydrogens is 269 g/mol. The first-order chi connectivity index (χ1) is 9.37. The Hall–Kier alpha value is -1.27. The molecule has 1 heterocycles. The normalized spacial score (nSPS) is 20.0. The van der Waals surface area contributed by atoms with Crippen molar-refractivity contribution in [1.29, 1.82) is 0 Å². The number of benzene rings is 1. The highest BCUT2D eigenvalue weighted by molar-refractivity contribution is 5.34. The van der Waals surface area contributed by atoms with Crippen molar-refractivity contribution in [1.82, 2.24) is 9.80 Å². The molecule has 0 aliphatic carbocycles. The van der Waals surface area contributed by atoms with E-state index in [-0.39, 0.29) is 11.8 Å². The number of phenols is 1. The van der Waals surface area contributed by atoms with Gasteiger partial charge in [0.2, 0.25) is 0 Å². The van der Waals surface area contributed by atoms with Gasteiger partial charge in [0, 0.05) is 37.8 Å². The van der Waals surface area contributed by atoms with Crippen molar-refractivity contribution in [3.8, 4) is 5.75 Å². The number of halogens is 3. The van der Waals surface area contributed by atoms with Gasteiger partial charge in [0.1, 0.15) is 5.75 Å². The third kappa shape index (κ3) is 3.86. The Labute approximate surface area is 116 Å². The van der Waals surface area contributed by atoms with Gasteiger partial charge in [-0.3, -0.25) is 9.80 Å². The van der Waals surface area contributed by atoms with E-state index in [0.29, 0.717) is 26.2 Å². The van der Waals surface area contributed by atoms with E-state index in [1.807, 2.05) is 19.1 Å². The highest BCUT2D eigenvalue weighted by atomic mass is 19.4. The van der Waals surface area contributed by atoms with Crippen molar-refractivity contribution in [3.63, 3.8) is 0 Å². The maximum Gasteiger partial charge on any atom is 0.401 e. The van der Waals surface area contributed by atoms with Gasteiger partial charge in [-0.15, -0.1) is 0 Å². The van der Waals surface area contributed by atoms with Crippen LogP contribution in [0.2, 0.25) is 0 Å². The van der Waals surface area contributed by atoms with Gasteiger partial charge in [0.15, 0.2) is 0 Å². The molecule has 1 atom stereocenters. The van der Waals surface area contributed by atoms with Gasteiger partial charge in [-0.25, -0.2) is 0 Å². The van der Waals surface area contributed by atoms with Crippen LogP contribution in [-0.2, 0) is 0 Å². The number of hydrogen-bond acceptors (Lipinski definition) is 3. The van der Waals surface area contributed by atoms with E-state index in [4.69, 9.17) is 0 Å². The highest BCUT2D eigenvalue weighted by Crippen LogP contribution is 2.29. The van der Waals surface area contributed by atoms with E-state index in [9.17, 15) is 18.3 Å². The summed E-state index contributed by atoms with van der Waals surface area (Å²) in [4.78, 5) is 3.52. The summed E-state index contributed by atoms with van der Waals surface area (Å²) in [5.41, 5.74) is 0.816. The van der Waals surface area contributed by atoms with Crippen LogP contribution in [0.4, 0.5) is 13.2 Å². The molecule has 1 aliphatic heterocycles. The van der Waals surface area contributed by atoms with Crippen LogP contribution in [-0.4, -0.2) is 53.8 Å². The molecule has 0 amide bonds. The van der Waals surface area contributed by atoms with E-state index >= 15 is 0 Å². The van der Waals surface area contributed by atoms with Crippen molar-refractivity contribution in [3.05, 3.63) is 29.8 Å². The number of aromatic hydroxyl groups is 1. The smallest absolute Gasteiger partial charge is 0.401 e. The molecule has 0 aromatic heterocycles. The van der Waals surface area contributed by atoms with Crippen molar-refractivity contribution < 1.29 is 18.3 Å². The lowest BCUT2D eigenvalue weighted by Gasteiger charge is -2.38. The molecule has 1 saturated heterocycles. The fraction of sp³-hybridized carbons (Fsp3) is 0.571. The number of nitrogens with zero attached hydrogens (tertiary/aromatic N) is 2. The maximum absolute atomic E-state index is 12.3. The van der Waals surface area contributed by atoms with Crippen LogP contribution in [0.1, 0.15) is 18.5 Å². The van der Waals surface area contributed by atoms with E-state index in [2.05, 4.69) is 4.90 Å². The predicted molar refractivity (Wildman–Crippen MR) is 70.6 cm³/mol. The van der Waals surface area contributed by atoms with Crippen LogP contribution < -0.4 is 0 Å². The number of rotatable bonds is 3. The standard InChI is InChI=1S/C14H19F3N2O/c1-11(12-4-2-3-5-13(12)20)19-8-6-18(7-9-19)10-14(15,16)17/h2-5,11,20H,6-10H2,1H3. The molecular formula is C14H19F3N2O. The summed E-state index contributed by atoms with van der Waals surface area (Å²) in [5.74, 6) is 0.234. The fourth-order valence-electron chi connectivity index (χ4n) is 2.60. The minimum absolute atomic E-state index is 0.00392. The first kappa shape index (κ1) is 15.1. The zero-order valence-corrected chi connectivity index (χ0v) is 11.4. The van der Waals surface area contributed by atoms with Crippen LogP contribution >= 0.6 is 0 Å². The predicted octanol–water partition coefficient (Wildman–Crippen LogP) is 2.63. The van der Waals surface area contributed by atoms with Crippen LogP contribution in [0.25, 0.3) is 0 Å². The number of para-hydroxylation sites is 1. The summed E-state index contributed by atoms with van der Waals surface area (Å²) in [6, 6.07) is 7.09. The lowest BCUT2D eigenvalue weighted by Crippen LogP contribution is -2.49. The van der Waals surface area contributed by atoms with E-state index < -0.39 is 12.7 Å². The largest absolute Gasteiger partial charge is 0.508 e. The molecule has 0 saturated carbocycles. The van der Waals surface area contributed by atoms with E-state index in [1.165, 1.54) is 4.90 Å². The topological polar surface area (TPSA) is 26.7 Å². The second kappa shape index (κ2) is 6.01. The fourth-order valence-corrected chi connectivity index (χ4v) is 2.60. The summed E-state index contributed by atoms with van der Waals surface area (Å²) in [7, 11) is 0. The lowest BCUT2D eigenvalue weighted by atomic mass is 10.0. The van der Waals surface area contributed by atoms with Crippen LogP contribution in [0, 0.1) is 0 Å². The summed E-state index contributed by atoms with van der Waals surface area (Å²) in [6.45, 7) is 3.08. The molecule has 0 spiro atoms. The van der Waals surface area contributed by atoms with Crippen molar-refractivity contribution >= 4 is 0 Å². The Morgan fingerprint density at radius 2 is 1.75 bits per heavy atom. The zero-order valence-electron chi connectivity index (χ0n) is 11.4. The Kier molecular flexibility index (Phi) is 4.55. The van der Waals surface area contributed by atoms with Gasteiger partial charge >= 0.3 is 6.18 Å². The molecule has 1 unspecified atom stereocenters. The van der Waals surface area contributed by atoms with Crippen LogP contribution in [0.15, 0.2) is 24.3 Å². The summed E-state index contributed by atoms with van der Waals surface area (Å²) >= 11 is 0. The third-order valence-corrected chi connectivity index (χ3v) is 3.74. The van der Waals surface area contributed by atoms with Crippen molar-refractivity contribution in [2.24, 2.45) is 0 Å². The van der Waals surface area contributed by atoms with E-state index in [1.54, 1.807) is 12.1 Å². The number of phenolic OH excluding ortho intramolecular Hbond substituents is 1. The molecule has 6 heteroatoms. The average molecular weight is 288 g/mol. The SMILES string of the molecule is CC(c1ccccc1O)N1CCN(CC(F)(F)F)CC1. The van der Waals surface area contributed by atoms with Gasteiger partial charge in [-0.1, -0.05) is 18.2 Å². The van der Waals surface area contributed by atoms with Crippen molar-refractivity contribution in [2.45, 2.75) is 19.1 Å². The van der Waals surface area contributed by atoms with E-state index in [0.717, 1.165) is 5.56 Å². The highest BCUT2D eigenvalue weighted by Gasteiger charge is 2.33. The molecule has 1 aliphatic rings. The second-order valence-corrected chi connectivity index (χ2v) is 5.16. The molecule has 1 N–H and O–H groups in total. The molecule has 3 nitrogen and oxygen atoms in total. The van der Waals surface area contributed by atoms with Gasteiger partial charge in [0.05, 0.1) is 6.54 Å². The number of alkyl halides is 3. The van der Waals surface area contributed by atoms with Gasteiger partial charge < -0.3 is 5.11 Å². The van der Waals surface area contributed by atoms with Gasteiger partial charge in [0.25, 0.3) is 0 Å².